The van der Waals surface area contributed by atoms with Gasteiger partial charge >= 0.3 is 0 Å². The monoisotopic (exact) mass is 358 g/mol. The van der Waals surface area contributed by atoms with E-state index in [-0.39, 0.29) is 5.92 Å². The van der Waals surface area contributed by atoms with Crippen molar-refractivity contribution in [2.45, 2.75) is 116 Å². The lowest BCUT2D eigenvalue weighted by molar-refractivity contribution is -0.120. The summed E-state index contributed by atoms with van der Waals surface area (Å²) in [5.41, 5.74) is 1.19. The molecule has 1 nitrogen and oxygen atoms in total. The Morgan fingerprint density at radius 1 is 0.692 bits per heavy atom. The fraction of sp³-hybridized carbons (Fsp3) is 0.720. The van der Waals surface area contributed by atoms with Crippen molar-refractivity contribution in [2.24, 2.45) is 0 Å². The Morgan fingerprint density at radius 3 is 1.62 bits per heavy atom. The normalized spacial score (nSPS) is 12.2. The molecule has 1 heteroatoms. The number of Topliss-reactive ketones (excluding diaryl/α,β-unsaturated/α-hetero) is 1. The molecule has 26 heavy (non-hydrogen) atoms. The Hall–Kier alpha value is -1.11. The quantitative estimate of drug-likeness (QED) is 0.256. The number of hydrogen-bond acceptors (Lipinski definition) is 1. The highest BCUT2D eigenvalue weighted by molar-refractivity contribution is 5.85. The van der Waals surface area contributed by atoms with Gasteiger partial charge in [0.25, 0.3) is 0 Å². The van der Waals surface area contributed by atoms with Gasteiger partial charge in [0, 0.05) is 12.3 Å². The largest absolute Gasteiger partial charge is 0.299 e. The molecule has 0 N–H and O–H groups in total. The second-order valence-corrected chi connectivity index (χ2v) is 7.83. The molecule has 0 spiro atoms. The molecule has 148 valence electrons. The van der Waals surface area contributed by atoms with Crippen molar-refractivity contribution < 1.29 is 4.79 Å². The second kappa shape index (κ2) is 16.1. The molecule has 1 unspecified atom stereocenters. The van der Waals surface area contributed by atoms with Crippen LogP contribution in [0.25, 0.3) is 0 Å². The van der Waals surface area contributed by atoms with Gasteiger partial charge in [0.15, 0.2) is 0 Å². The van der Waals surface area contributed by atoms with Crippen molar-refractivity contribution in [1.29, 1.82) is 0 Å². The Morgan fingerprint density at radius 2 is 1.15 bits per heavy atom. The third-order valence-electron chi connectivity index (χ3n) is 5.53. The fourth-order valence-corrected chi connectivity index (χ4v) is 3.83. The molecule has 0 bridgehead atoms. The minimum Gasteiger partial charge on any atom is -0.299 e. The molecule has 0 amide bonds. The zero-order chi connectivity index (χ0) is 18.9. The van der Waals surface area contributed by atoms with Crippen LogP contribution in [0.5, 0.6) is 0 Å². The minimum absolute atomic E-state index is 0.105. The highest BCUT2D eigenvalue weighted by Gasteiger charge is 2.17. The van der Waals surface area contributed by atoms with Gasteiger partial charge in [-0.3, -0.25) is 4.79 Å². The summed E-state index contributed by atoms with van der Waals surface area (Å²) in [5.74, 6) is 0.537. The van der Waals surface area contributed by atoms with Crippen LogP contribution in [-0.4, -0.2) is 5.78 Å². The number of carbonyl (C=O) groups excluding carboxylic acids is 1. The number of ketones is 1. The summed E-state index contributed by atoms with van der Waals surface area (Å²) in [7, 11) is 0. The van der Waals surface area contributed by atoms with Crippen LogP contribution in [0.2, 0.25) is 0 Å². The molecular weight excluding hydrogens is 316 g/mol. The van der Waals surface area contributed by atoms with Crippen LogP contribution in [0, 0.1) is 0 Å². The van der Waals surface area contributed by atoms with Crippen LogP contribution in [0.15, 0.2) is 30.3 Å². The summed E-state index contributed by atoms with van der Waals surface area (Å²) in [6.45, 7) is 4.40. The number of rotatable bonds is 17. The molecule has 0 fully saturated rings. The molecule has 0 aliphatic heterocycles. The van der Waals surface area contributed by atoms with Crippen LogP contribution >= 0.6 is 0 Å². The number of benzene rings is 1. The van der Waals surface area contributed by atoms with Gasteiger partial charge in [-0.15, -0.1) is 0 Å². The Balaban J connectivity index is 1.96. The predicted octanol–water partition coefficient (Wildman–Crippen LogP) is 8.23. The van der Waals surface area contributed by atoms with Crippen LogP contribution < -0.4 is 0 Å². The van der Waals surface area contributed by atoms with Crippen molar-refractivity contribution in [3.8, 4) is 0 Å². The van der Waals surface area contributed by atoms with E-state index in [0.29, 0.717) is 5.78 Å². The first-order chi connectivity index (χ1) is 12.8. The van der Waals surface area contributed by atoms with Gasteiger partial charge in [0.2, 0.25) is 0 Å². The maximum absolute atomic E-state index is 12.5. The molecule has 0 aliphatic carbocycles. The van der Waals surface area contributed by atoms with E-state index in [1.807, 2.05) is 18.2 Å². The molecule has 0 aliphatic rings. The van der Waals surface area contributed by atoms with E-state index in [1.54, 1.807) is 0 Å². The molecule has 0 saturated carbocycles. The maximum Gasteiger partial charge on any atom is 0.140 e. The lowest BCUT2D eigenvalue weighted by Gasteiger charge is -2.14. The van der Waals surface area contributed by atoms with Crippen molar-refractivity contribution in [1.82, 2.24) is 0 Å². The van der Waals surface area contributed by atoms with E-state index in [1.165, 1.54) is 82.6 Å². The molecule has 0 radical (unpaired) electrons. The summed E-state index contributed by atoms with van der Waals surface area (Å²) in [4.78, 5) is 12.5. The van der Waals surface area contributed by atoms with Gasteiger partial charge in [-0.2, -0.15) is 0 Å². The first-order valence-corrected chi connectivity index (χ1v) is 11.4. The second-order valence-electron chi connectivity index (χ2n) is 7.83. The van der Waals surface area contributed by atoms with Gasteiger partial charge < -0.3 is 0 Å². The molecule has 0 saturated heterocycles. The third-order valence-corrected chi connectivity index (χ3v) is 5.53. The van der Waals surface area contributed by atoms with Gasteiger partial charge in [-0.1, -0.05) is 121 Å². The standard InChI is InChI=1S/C25H42O/c1-3-5-6-7-8-9-10-11-12-13-14-15-19-22-25(26)24(4-2)23-20-17-16-18-21-23/h16-18,20-21,24H,3-15,19,22H2,1-2H3. The fourth-order valence-electron chi connectivity index (χ4n) is 3.83. The minimum atomic E-state index is 0.105. The Bertz CT molecular complexity index is 437. The topological polar surface area (TPSA) is 17.1 Å². The average molecular weight is 359 g/mol. The van der Waals surface area contributed by atoms with Gasteiger partial charge in [0.05, 0.1) is 0 Å². The SMILES string of the molecule is CCCCCCCCCCCCCCCC(=O)C(CC)c1ccccc1. The Labute approximate surface area is 163 Å². The summed E-state index contributed by atoms with van der Waals surface area (Å²) in [6.07, 6.45) is 19.3. The van der Waals surface area contributed by atoms with E-state index < -0.39 is 0 Å². The van der Waals surface area contributed by atoms with Crippen LogP contribution in [0.3, 0.4) is 0 Å². The number of hydrogen-bond donors (Lipinski definition) is 0. The van der Waals surface area contributed by atoms with Crippen molar-refractivity contribution in [3.05, 3.63) is 35.9 Å². The zero-order valence-electron chi connectivity index (χ0n) is 17.5. The van der Waals surface area contributed by atoms with Gasteiger partial charge in [0.1, 0.15) is 5.78 Å². The third kappa shape index (κ3) is 10.8. The van der Waals surface area contributed by atoms with Gasteiger partial charge in [-0.25, -0.2) is 0 Å². The molecule has 1 aromatic rings. The summed E-state index contributed by atoms with van der Waals surface area (Å²) in [5, 5.41) is 0. The van der Waals surface area contributed by atoms with Crippen molar-refractivity contribution >= 4 is 5.78 Å². The van der Waals surface area contributed by atoms with Gasteiger partial charge in [-0.05, 0) is 18.4 Å². The first kappa shape index (κ1) is 22.9. The van der Waals surface area contributed by atoms with E-state index in [0.717, 1.165) is 19.3 Å². The maximum atomic E-state index is 12.5. The van der Waals surface area contributed by atoms with Crippen LogP contribution in [-0.2, 0) is 4.79 Å². The molecule has 1 aromatic carbocycles. The average Bonchev–Trinajstić information content (AvgIpc) is 2.67. The van der Waals surface area contributed by atoms with Crippen molar-refractivity contribution in [3.63, 3.8) is 0 Å². The Kier molecular flexibility index (Phi) is 14.2. The molecular formula is C25H42O. The summed E-state index contributed by atoms with van der Waals surface area (Å²) in [6, 6.07) is 10.3. The van der Waals surface area contributed by atoms with E-state index in [2.05, 4.69) is 26.0 Å². The highest BCUT2D eigenvalue weighted by atomic mass is 16.1. The van der Waals surface area contributed by atoms with Crippen molar-refractivity contribution in [2.75, 3.05) is 0 Å². The molecule has 1 rings (SSSR count). The zero-order valence-corrected chi connectivity index (χ0v) is 17.5. The van der Waals surface area contributed by atoms with E-state index in [4.69, 9.17) is 0 Å². The lowest BCUT2D eigenvalue weighted by Crippen LogP contribution is -2.11. The molecule has 0 aromatic heterocycles. The predicted molar refractivity (Wildman–Crippen MR) is 115 cm³/mol. The van der Waals surface area contributed by atoms with Crippen LogP contribution in [0.1, 0.15) is 122 Å². The van der Waals surface area contributed by atoms with E-state index in [9.17, 15) is 4.79 Å². The molecule has 1 atom stereocenters. The number of carbonyl (C=O) groups is 1. The van der Waals surface area contributed by atoms with E-state index >= 15 is 0 Å². The van der Waals surface area contributed by atoms with Crippen LogP contribution in [0.4, 0.5) is 0 Å². The first-order valence-electron chi connectivity index (χ1n) is 11.4. The highest BCUT2D eigenvalue weighted by Crippen LogP contribution is 2.23. The lowest BCUT2D eigenvalue weighted by atomic mass is 9.89. The number of unbranched alkanes of at least 4 members (excludes halogenated alkanes) is 12. The summed E-state index contributed by atoms with van der Waals surface area (Å²) < 4.78 is 0. The summed E-state index contributed by atoms with van der Waals surface area (Å²) >= 11 is 0. The smallest absolute Gasteiger partial charge is 0.140 e. The molecule has 0 heterocycles.